The van der Waals surface area contributed by atoms with E-state index < -0.39 is 0 Å². The molecule has 1 aliphatic heterocycles. The predicted octanol–water partition coefficient (Wildman–Crippen LogP) is 2.83. The maximum atomic E-state index is 3.40. The Bertz CT molecular complexity index is 349. The molecular weight excluding hydrogens is 208 g/mol. The molecule has 1 aliphatic rings. The van der Waals surface area contributed by atoms with Crippen LogP contribution >= 0.6 is 0 Å². The molecule has 1 atom stereocenters. The van der Waals surface area contributed by atoms with Gasteiger partial charge in [-0.1, -0.05) is 25.1 Å². The molecule has 0 spiro atoms. The molecule has 0 bridgehead atoms. The van der Waals surface area contributed by atoms with Gasteiger partial charge in [-0.15, -0.1) is 0 Å². The summed E-state index contributed by atoms with van der Waals surface area (Å²) in [5.41, 5.74) is 2.98. The molecule has 2 nitrogen and oxygen atoms in total. The Morgan fingerprint density at radius 1 is 1.35 bits per heavy atom. The van der Waals surface area contributed by atoms with Crippen LogP contribution in [0.1, 0.15) is 32.3 Å². The van der Waals surface area contributed by atoms with Gasteiger partial charge in [-0.3, -0.25) is 0 Å². The maximum absolute atomic E-state index is 3.40. The third-order valence-corrected chi connectivity index (χ3v) is 3.67. The van der Waals surface area contributed by atoms with Gasteiger partial charge in [0.2, 0.25) is 0 Å². The minimum absolute atomic E-state index is 0.687. The van der Waals surface area contributed by atoms with Crippen LogP contribution in [-0.2, 0) is 6.42 Å². The molecule has 1 unspecified atom stereocenters. The van der Waals surface area contributed by atoms with E-state index in [9.17, 15) is 0 Å². The van der Waals surface area contributed by atoms with Crippen molar-refractivity contribution in [3.05, 3.63) is 29.8 Å². The standard InChI is InChI=1S/C15H24N2/c1-3-16-11-6-12-17-13(2)9-10-14-7-4-5-8-15(14)17/h4-5,7-8,13,16H,3,6,9-12H2,1-2H3. The number of benzene rings is 1. The third kappa shape index (κ3) is 3.01. The molecule has 0 radical (unpaired) electrons. The molecule has 0 fully saturated rings. The van der Waals surface area contributed by atoms with Crippen molar-refractivity contribution in [1.29, 1.82) is 0 Å². The van der Waals surface area contributed by atoms with Gasteiger partial charge in [0, 0.05) is 18.3 Å². The summed E-state index contributed by atoms with van der Waals surface area (Å²) in [5, 5.41) is 3.40. The maximum Gasteiger partial charge on any atom is 0.0401 e. The molecule has 0 saturated heterocycles. The average Bonchev–Trinajstić information content (AvgIpc) is 2.37. The van der Waals surface area contributed by atoms with Gasteiger partial charge < -0.3 is 10.2 Å². The van der Waals surface area contributed by atoms with Gasteiger partial charge in [-0.25, -0.2) is 0 Å². The van der Waals surface area contributed by atoms with Gasteiger partial charge in [-0.2, -0.15) is 0 Å². The van der Waals surface area contributed by atoms with Gasteiger partial charge in [0.1, 0.15) is 0 Å². The second-order valence-corrected chi connectivity index (χ2v) is 4.92. The van der Waals surface area contributed by atoms with Crippen molar-refractivity contribution in [3.63, 3.8) is 0 Å². The highest BCUT2D eigenvalue weighted by atomic mass is 15.2. The molecule has 0 aromatic heterocycles. The lowest BCUT2D eigenvalue weighted by molar-refractivity contribution is 0.542. The van der Waals surface area contributed by atoms with Gasteiger partial charge in [0.15, 0.2) is 0 Å². The summed E-state index contributed by atoms with van der Waals surface area (Å²) in [6, 6.07) is 9.56. The van der Waals surface area contributed by atoms with Crippen molar-refractivity contribution in [1.82, 2.24) is 5.32 Å². The van der Waals surface area contributed by atoms with Crippen LogP contribution in [0.4, 0.5) is 5.69 Å². The second-order valence-electron chi connectivity index (χ2n) is 4.92. The van der Waals surface area contributed by atoms with E-state index in [1.807, 2.05) is 0 Å². The van der Waals surface area contributed by atoms with Crippen LogP contribution in [0, 0.1) is 0 Å². The van der Waals surface area contributed by atoms with Gasteiger partial charge in [-0.05, 0) is 50.9 Å². The Labute approximate surface area is 105 Å². The van der Waals surface area contributed by atoms with Crippen LogP contribution in [0.2, 0.25) is 0 Å². The van der Waals surface area contributed by atoms with Gasteiger partial charge in [0.25, 0.3) is 0 Å². The zero-order chi connectivity index (χ0) is 12.1. The molecular formula is C15H24N2. The molecule has 1 heterocycles. The Morgan fingerprint density at radius 2 is 2.18 bits per heavy atom. The first-order valence-corrected chi connectivity index (χ1v) is 6.88. The van der Waals surface area contributed by atoms with E-state index in [-0.39, 0.29) is 0 Å². The summed E-state index contributed by atoms with van der Waals surface area (Å²) in [6.07, 6.45) is 3.76. The molecule has 1 N–H and O–H groups in total. The number of rotatable bonds is 5. The summed E-state index contributed by atoms with van der Waals surface area (Å²) < 4.78 is 0. The molecule has 17 heavy (non-hydrogen) atoms. The molecule has 1 aromatic carbocycles. The zero-order valence-corrected chi connectivity index (χ0v) is 11.1. The number of nitrogens with zero attached hydrogens (tertiary/aromatic N) is 1. The van der Waals surface area contributed by atoms with Crippen molar-refractivity contribution in [2.45, 2.75) is 39.2 Å². The second kappa shape index (κ2) is 6.06. The fourth-order valence-corrected chi connectivity index (χ4v) is 2.65. The van der Waals surface area contributed by atoms with Crippen LogP contribution in [-0.4, -0.2) is 25.7 Å². The van der Waals surface area contributed by atoms with Crippen LogP contribution < -0.4 is 10.2 Å². The lowest BCUT2D eigenvalue weighted by Gasteiger charge is -2.37. The van der Waals surface area contributed by atoms with Gasteiger partial charge in [0.05, 0.1) is 0 Å². The highest BCUT2D eigenvalue weighted by molar-refractivity contribution is 5.56. The number of aryl methyl sites for hydroxylation is 1. The number of anilines is 1. The smallest absolute Gasteiger partial charge is 0.0401 e. The molecule has 0 aliphatic carbocycles. The summed E-state index contributed by atoms with van der Waals surface area (Å²) in [7, 11) is 0. The first-order chi connectivity index (χ1) is 8.33. The lowest BCUT2D eigenvalue weighted by Crippen LogP contribution is -2.38. The molecule has 2 rings (SSSR count). The summed E-state index contributed by atoms with van der Waals surface area (Å²) >= 11 is 0. The van der Waals surface area contributed by atoms with Crippen molar-refractivity contribution in [2.75, 3.05) is 24.5 Å². The van der Waals surface area contributed by atoms with Crippen molar-refractivity contribution < 1.29 is 0 Å². The van der Waals surface area contributed by atoms with E-state index in [0.717, 1.165) is 13.1 Å². The first kappa shape index (κ1) is 12.4. The van der Waals surface area contributed by atoms with E-state index in [2.05, 4.69) is 48.3 Å². The normalized spacial score (nSPS) is 19.2. The average molecular weight is 232 g/mol. The van der Waals surface area contributed by atoms with Crippen molar-refractivity contribution in [3.8, 4) is 0 Å². The van der Waals surface area contributed by atoms with Crippen molar-refractivity contribution >= 4 is 5.69 Å². The SMILES string of the molecule is CCNCCCN1c2ccccc2CCC1C. The van der Waals surface area contributed by atoms with E-state index in [1.165, 1.54) is 37.1 Å². The van der Waals surface area contributed by atoms with E-state index in [1.54, 1.807) is 0 Å². The summed E-state index contributed by atoms with van der Waals surface area (Å²) in [5.74, 6) is 0. The highest BCUT2D eigenvalue weighted by Gasteiger charge is 2.21. The summed E-state index contributed by atoms with van der Waals surface area (Å²) in [6.45, 7) is 7.89. The highest BCUT2D eigenvalue weighted by Crippen LogP contribution is 2.30. The third-order valence-electron chi connectivity index (χ3n) is 3.67. The topological polar surface area (TPSA) is 15.3 Å². The van der Waals surface area contributed by atoms with Crippen LogP contribution in [0.5, 0.6) is 0 Å². The fourth-order valence-electron chi connectivity index (χ4n) is 2.65. The van der Waals surface area contributed by atoms with Crippen molar-refractivity contribution in [2.24, 2.45) is 0 Å². The lowest BCUT2D eigenvalue weighted by atomic mass is 9.96. The van der Waals surface area contributed by atoms with Crippen LogP contribution in [0.3, 0.4) is 0 Å². The first-order valence-electron chi connectivity index (χ1n) is 6.88. The van der Waals surface area contributed by atoms with E-state index >= 15 is 0 Å². The monoisotopic (exact) mass is 232 g/mol. The quantitative estimate of drug-likeness (QED) is 0.785. The Hall–Kier alpha value is -1.02. The van der Waals surface area contributed by atoms with E-state index in [4.69, 9.17) is 0 Å². The minimum Gasteiger partial charge on any atom is -0.369 e. The fraction of sp³-hybridized carbons (Fsp3) is 0.600. The number of hydrogen-bond donors (Lipinski definition) is 1. The van der Waals surface area contributed by atoms with E-state index in [0.29, 0.717) is 6.04 Å². The Morgan fingerprint density at radius 3 is 3.00 bits per heavy atom. The number of hydrogen-bond acceptors (Lipinski definition) is 2. The molecule has 94 valence electrons. The molecule has 0 amide bonds. The largest absolute Gasteiger partial charge is 0.369 e. The number of para-hydroxylation sites is 1. The molecule has 2 heteroatoms. The predicted molar refractivity (Wildman–Crippen MR) is 74.7 cm³/mol. The summed E-state index contributed by atoms with van der Waals surface area (Å²) in [4.78, 5) is 2.58. The molecule has 0 saturated carbocycles. The van der Waals surface area contributed by atoms with Gasteiger partial charge >= 0.3 is 0 Å². The Balaban J connectivity index is 2.00. The van der Waals surface area contributed by atoms with Crippen LogP contribution in [0.25, 0.3) is 0 Å². The molecule has 1 aromatic rings. The zero-order valence-electron chi connectivity index (χ0n) is 11.1. The minimum atomic E-state index is 0.687. The Kier molecular flexibility index (Phi) is 4.43. The number of nitrogens with one attached hydrogen (secondary N) is 1. The number of fused-ring (bicyclic) bond motifs is 1. The van der Waals surface area contributed by atoms with Crippen LogP contribution in [0.15, 0.2) is 24.3 Å².